The van der Waals surface area contributed by atoms with Gasteiger partial charge in [0, 0.05) is 25.2 Å². The van der Waals surface area contributed by atoms with Gasteiger partial charge in [0.1, 0.15) is 6.33 Å². The molecule has 1 aliphatic heterocycles. The summed E-state index contributed by atoms with van der Waals surface area (Å²) in [5.41, 5.74) is 3.38. The summed E-state index contributed by atoms with van der Waals surface area (Å²) in [7, 11) is -3.61. The van der Waals surface area contributed by atoms with Crippen molar-refractivity contribution in [2.45, 2.75) is 45.1 Å². The zero-order chi connectivity index (χ0) is 23.6. The second kappa shape index (κ2) is 9.40. The third-order valence-corrected chi connectivity index (χ3v) is 8.05. The number of anilines is 1. The Kier molecular flexibility index (Phi) is 6.57. The van der Waals surface area contributed by atoms with E-state index in [1.807, 2.05) is 51.1 Å². The number of hydrogen-bond acceptors (Lipinski definition) is 6. The molecule has 9 nitrogen and oxygen atoms in total. The number of pyridine rings is 1. The summed E-state index contributed by atoms with van der Waals surface area (Å²) in [5, 5.41) is 7.05. The first-order chi connectivity index (χ1) is 15.7. The summed E-state index contributed by atoms with van der Waals surface area (Å²) in [6, 6.07) is 9.41. The van der Waals surface area contributed by atoms with Gasteiger partial charge in [-0.2, -0.15) is 4.31 Å². The monoisotopic (exact) mass is 468 g/mol. The third-order valence-electron chi connectivity index (χ3n) is 5.85. The molecule has 1 amide bonds. The quantitative estimate of drug-likeness (QED) is 0.596. The van der Waals surface area contributed by atoms with Crippen LogP contribution in [-0.2, 0) is 21.4 Å². The highest BCUT2D eigenvalue weighted by Crippen LogP contribution is 2.29. The SMILES string of the molecule is Cc1cc(C)c(S(=O)(=O)N2CCC(C(=O)Nc3ncn(Cc4ccccn4)n3)CC2)c(C)c1. The van der Waals surface area contributed by atoms with E-state index >= 15 is 0 Å². The van der Waals surface area contributed by atoms with Crippen molar-refractivity contribution in [1.82, 2.24) is 24.1 Å². The predicted octanol–water partition coefficient (Wildman–Crippen LogP) is 2.69. The molecule has 0 bridgehead atoms. The summed E-state index contributed by atoms with van der Waals surface area (Å²) in [5.74, 6) is -0.249. The van der Waals surface area contributed by atoms with Crippen LogP contribution in [-0.4, -0.2) is 51.5 Å². The van der Waals surface area contributed by atoms with E-state index in [0.717, 1.165) is 22.4 Å². The Balaban J connectivity index is 1.36. The van der Waals surface area contributed by atoms with Crippen molar-refractivity contribution >= 4 is 21.9 Å². The first kappa shape index (κ1) is 23.1. The fourth-order valence-corrected chi connectivity index (χ4v) is 6.24. The van der Waals surface area contributed by atoms with Gasteiger partial charge < -0.3 is 0 Å². The lowest BCUT2D eigenvalue weighted by Gasteiger charge is -2.31. The van der Waals surface area contributed by atoms with Crippen molar-refractivity contribution in [3.63, 3.8) is 0 Å². The van der Waals surface area contributed by atoms with E-state index in [0.29, 0.717) is 37.4 Å². The number of hydrogen-bond donors (Lipinski definition) is 1. The Morgan fingerprint density at radius 1 is 1.09 bits per heavy atom. The highest BCUT2D eigenvalue weighted by atomic mass is 32.2. The largest absolute Gasteiger partial charge is 0.293 e. The van der Waals surface area contributed by atoms with Gasteiger partial charge in [-0.3, -0.25) is 15.1 Å². The van der Waals surface area contributed by atoms with Crippen LogP contribution in [0.4, 0.5) is 5.95 Å². The van der Waals surface area contributed by atoms with Crippen LogP contribution < -0.4 is 5.32 Å². The highest BCUT2D eigenvalue weighted by molar-refractivity contribution is 7.89. The van der Waals surface area contributed by atoms with Crippen molar-refractivity contribution in [3.05, 3.63) is 65.2 Å². The van der Waals surface area contributed by atoms with Gasteiger partial charge in [0.15, 0.2) is 0 Å². The van der Waals surface area contributed by atoms with Crippen LogP contribution in [0.15, 0.2) is 47.8 Å². The molecule has 1 N–H and O–H groups in total. The predicted molar refractivity (Wildman–Crippen MR) is 124 cm³/mol. The van der Waals surface area contributed by atoms with Gasteiger partial charge in [-0.15, -0.1) is 5.10 Å². The first-order valence-corrected chi connectivity index (χ1v) is 12.4. The van der Waals surface area contributed by atoms with Crippen LogP contribution in [0.3, 0.4) is 0 Å². The van der Waals surface area contributed by atoms with Crippen LogP contribution in [0.1, 0.15) is 35.2 Å². The second-order valence-corrected chi connectivity index (χ2v) is 10.4. The number of amides is 1. The number of nitrogens with zero attached hydrogens (tertiary/aromatic N) is 5. The fourth-order valence-electron chi connectivity index (χ4n) is 4.36. The molecule has 0 aliphatic carbocycles. The van der Waals surface area contributed by atoms with Gasteiger partial charge in [0.2, 0.25) is 21.9 Å². The summed E-state index contributed by atoms with van der Waals surface area (Å²) >= 11 is 0. The molecule has 1 saturated heterocycles. The molecule has 3 aromatic rings. The van der Waals surface area contributed by atoms with Crippen LogP contribution in [0, 0.1) is 26.7 Å². The first-order valence-electron chi connectivity index (χ1n) is 10.9. The second-order valence-electron chi connectivity index (χ2n) is 8.48. The normalized spacial score (nSPS) is 15.5. The summed E-state index contributed by atoms with van der Waals surface area (Å²) < 4.78 is 29.6. The number of piperidine rings is 1. The zero-order valence-electron chi connectivity index (χ0n) is 19.0. The summed E-state index contributed by atoms with van der Waals surface area (Å²) in [6.45, 7) is 6.67. The number of sulfonamides is 1. The summed E-state index contributed by atoms with van der Waals surface area (Å²) in [6.07, 6.45) is 4.15. The molecule has 10 heteroatoms. The molecule has 1 fully saturated rings. The molecule has 0 saturated carbocycles. The van der Waals surface area contributed by atoms with Gasteiger partial charge >= 0.3 is 0 Å². The van der Waals surface area contributed by atoms with Gasteiger partial charge in [-0.1, -0.05) is 23.8 Å². The van der Waals surface area contributed by atoms with Gasteiger partial charge in [0.25, 0.3) is 0 Å². The van der Waals surface area contributed by atoms with Crippen LogP contribution in [0.2, 0.25) is 0 Å². The minimum atomic E-state index is -3.61. The van der Waals surface area contributed by atoms with Crippen LogP contribution >= 0.6 is 0 Å². The van der Waals surface area contributed by atoms with Crippen molar-refractivity contribution < 1.29 is 13.2 Å². The van der Waals surface area contributed by atoms with Crippen molar-refractivity contribution in [2.75, 3.05) is 18.4 Å². The van der Waals surface area contributed by atoms with E-state index < -0.39 is 10.0 Å². The molecule has 1 aliphatic rings. The molecule has 0 unspecified atom stereocenters. The number of nitrogens with one attached hydrogen (secondary N) is 1. The molecule has 33 heavy (non-hydrogen) atoms. The molecule has 0 radical (unpaired) electrons. The smallest absolute Gasteiger partial charge is 0.248 e. The molecule has 0 atom stereocenters. The maximum absolute atomic E-state index is 13.3. The Labute approximate surface area is 193 Å². The number of carbonyl (C=O) groups is 1. The van der Waals surface area contributed by atoms with Crippen molar-refractivity contribution in [3.8, 4) is 0 Å². The molecular weight excluding hydrogens is 440 g/mol. The van der Waals surface area contributed by atoms with Gasteiger partial charge in [-0.05, 0) is 56.9 Å². The number of aromatic nitrogens is 4. The fraction of sp³-hybridized carbons (Fsp3) is 0.391. The van der Waals surface area contributed by atoms with E-state index in [-0.39, 0.29) is 17.8 Å². The standard InChI is InChI=1S/C23H28N6O3S/c1-16-12-17(2)21(18(3)13-16)33(31,32)29-10-7-19(8-11-29)22(30)26-23-25-15-28(27-23)14-20-6-4-5-9-24-20/h4-6,9,12-13,15,19H,7-8,10-11,14H2,1-3H3,(H,26,27,30). The maximum Gasteiger partial charge on any atom is 0.248 e. The van der Waals surface area contributed by atoms with Crippen molar-refractivity contribution in [1.29, 1.82) is 0 Å². The van der Waals surface area contributed by atoms with E-state index in [2.05, 4.69) is 20.4 Å². The Hall–Kier alpha value is -3.11. The molecule has 3 heterocycles. The minimum absolute atomic E-state index is 0.190. The number of rotatable bonds is 6. The maximum atomic E-state index is 13.3. The zero-order valence-corrected chi connectivity index (χ0v) is 19.8. The topological polar surface area (TPSA) is 110 Å². The molecule has 0 spiro atoms. The van der Waals surface area contributed by atoms with Crippen molar-refractivity contribution in [2.24, 2.45) is 5.92 Å². The lowest BCUT2D eigenvalue weighted by molar-refractivity contribution is -0.121. The van der Waals surface area contributed by atoms with Crippen LogP contribution in [0.25, 0.3) is 0 Å². The molecule has 4 rings (SSSR count). The van der Waals surface area contributed by atoms with Gasteiger partial charge in [-0.25, -0.2) is 18.1 Å². The van der Waals surface area contributed by atoms with E-state index in [1.165, 1.54) is 4.31 Å². The Morgan fingerprint density at radius 2 is 1.79 bits per heavy atom. The minimum Gasteiger partial charge on any atom is -0.293 e. The average Bonchev–Trinajstić information content (AvgIpc) is 3.20. The molecular formula is C23H28N6O3S. The van der Waals surface area contributed by atoms with E-state index in [1.54, 1.807) is 17.2 Å². The molecule has 1 aromatic carbocycles. The lowest BCUT2D eigenvalue weighted by Crippen LogP contribution is -2.41. The Morgan fingerprint density at radius 3 is 2.42 bits per heavy atom. The van der Waals surface area contributed by atoms with Crippen LogP contribution in [0.5, 0.6) is 0 Å². The third kappa shape index (κ3) is 5.12. The lowest BCUT2D eigenvalue weighted by atomic mass is 9.97. The number of benzene rings is 1. The van der Waals surface area contributed by atoms with E-state index in [9.17, 15) is 13.2 Å². The highest BCUT2D eigenvalue weighted by Gasteiger charge is 2.34. The number of carbonyl (C=O) groups excluding carboxylic acids is 1. The molecule has 174 valence electrons. The summed E-state index contributed by atoms with van der Waals surface area (Å²) in [4.78, 5) is 21.5. The van der Waals surface area contributed by atoms with E-state index in [4.69, 9.17) is 0 Å². The number of aryl methyl sites for hydroxylation is 3. The van der Waals surface area contributed by atoms with Gasteiger partial charge in [0.05, 0.1) is 17.1 Å². The Bertz CT molecular complexity index is 1230. The molecule has 2 aromatic heterocycles. The average molecular weight is 469 g/mol.